The normalized spacial score (nSPS) is 21.9. The van der Waals surface area contributed by atoms with Gasteiger partial charge in [0.1, 0.15) is 0 Å². The molecule has 7 heteroatoms. The van der Waals surface area contributed by atoms with E-state index in [1.807, 2.05) is 0 Å². The molecule has 1 saturated heterocycles. The van der Waals surface area contributed by atoms with E-state index in [1.54, 1.807) is 6.92 Å². The van der Waals surface area contributed by atoms with E-state index in [2.05, 4.69) is 0 Å². The third kappa shape index (κ3) is 3.40. The molecule has 120 valence electrons. The average molecular weight is 315 g/mol. The highest BCUT2D eigenvalue weighted by atomic mass is 19.4. The lowest BCUT2D eigenvalue weighted by molar-refractivity contribution is -0.142. The van der Waals surface area contributed by atoms with E-state index >= 15 is 0 Å². The summed E-state index contributed by atoms with van der Waals surface area (Å²) < 4.78 is 38.7. The first-order chi connectivity index (χ1) is 10.2. The first-order valence-electron chi connectivity index (χ1n) is 6.86. The maximum absolute atomic E-state index is 12.9. The van der Waals surface area contributed by atoms with Gasteiger partial charge < -0.3 is 10.0 Å². The molecule has 2 rings (SSSR count). The Balaban J connectivity index is 2.13. The lowest BCUT2D eigenvalue weighted by Crippen LogP contribution is -2.31. The van der Waals surface area contributed by atoms with Crippen molar-refractivity contribution in [2.24, 2.45) is 11.8 Å². The van der Waals surface area contributed by atoms with Gasteiger partial charge in [-0.25, -0.2) is 0 Å². The standard InChI is InChI=1S/C15H16F3NO3/c1-9-7-19(8-11(9)14(21)22)13(20)6-10-4-2-3-5-12(10)15(16,17)18/h2-5,9,11H,6-8H2,1H3,(H,21,22)/t9-,11-/m1/s1. The van der Waals surface area contributed by atoms with Crippen LogP contribution in [0.15, 0.2) is 24.3 Å². The molecule has 0 aromatic heterocycles. The molecule has 22 heavy (non-hydrogen) atoms. The Hall–Kier alpha value is -2.05. The minimum atomic E-state index is -4.52. The number of nitrogens with zero attached hydrogens (tertiary/aromatic N) is 1. The van der Waals surface area contributed by atoms with Crippen molar-refractivity contribution in [3.05, 3.63) is 35.4 Å². The van der Waals surface area contributed by atoms with Crippen LogP contribution in [0.5, 0.6) is 0 Å². The molecule has 0 unspecified atom stereocenters. The second kappa shape index (κ2) is 5.98. The van der Waals surface area contributed by atoms with Gasteiger partial charge in [-0.15, -0.1) is 0 Å². The Kier molecular flexibility index (Phi) is 4.44. The zero-order valence-corrected chi connectivity index (χ0v) is 11.9. The molecule has 0 bridgehead atoms. The van der Waals surface area contributed by atoms with Crippen molar-refractivity contribution in [1.82, 2.24) is 4.90 Å². The maximum atomic E-state index is 12.9. The zero-order valence-electron chi connectivity index (χ0n) is 11.9. The van der Waals surface area contributed by atoms with Gasteiger partial charge in [-0.05, 0) is 17.5 Å². The fourth-order valence-corrected chi connectivity index (χ4v) is 2.72. The van der Waals surface area contributed by atoms with Gasteiger partial charge >= 0.3 is 12.1 Å². The van der Waals surface area contributed by atoms with Gasteiger partial charge in [0.05, 0.1) is 17.9 Å². The first-order valence-corrected chi connectivity index (χ1v) is 6.86. The number of halogens is 3. The van der Waals surface area contributed by atoms with E-state index in [-0.39, 0.29) is 31.0 Å². The number of aliphatic carboxylic acids is 1. The number of hydrogen-bond donors (Lipinski definition) is 1. The van der Waals surface area contributed by atoms with Gasteiger partial charge in [-0.2, -0.15) is 13.2 Å². The van der Waals surface area contributed by atoms with Crippen LogP contribution in [0.3, 0.4) is 0 Å². The highest BCUT2D eigenvalue weighted by Gasteiger charge is 2.38. The quantitative estimate of drug-likeness (QED) is 0.932. The molecule has 1 amide bonds. The molecule has 0 spiro atoms. The molecule has 1 heterocycles. The Morgan fingerprint density at radius 1 is 1.27 bits per heavy atom. The minimum Gasteiger partial charge on any atom is -0.481 e. The summed E-state index contributed by atoms with van der Waals surface area (Å²) in [7, 11) is 0. The van der Waals surface area contributed by atoms with Crippen molar-refractivity contribution in [2.75, 3.05) is 13.1 Å². The predicted octanol–water partition coefficient (Wildman–Crippen LogP) is 2.43. The second-order valence-electron chi connectivity index (χ2n) is 5.55. The number of amides is 1. The molecule has 1 aliphatic rings. The number of rotatable bonds is 3. The molecule has 1 N–H and O–H groups in total. The smallest absolute Gasteiger partial charge is 0.416 e. The molecule has 1 aliphatic heterocycles. The van der Waals surface area contributed by atoms with E-state index in [4.69, 9.17) is 5.11 Å². The summed E-state index contributed by atoms with van der Waals surface area (Å²) in [6.45, 7) is 2.02. The van der Waals surface area contributed by atoms with Gasteiger partial charge in [-0.1, -0.05) is 25.1 Å². The summed E-state index contributed by atoms with van der Waals surface area (Å²) in [5.74, 6) is -2.34. The molecule has 0 radical (unpaired) electrons. The summed E-state index contributed by atoms with van der Waals surface area (Å²) in [6.07, 6.45) is -4.90. The fourth-order valence-electron chi connectivity index (χ4n) is 2.72. The van der Waals surface area contributed by atoms with Crippen LogP contribution in [0.1, 0.15) is 18.1 Å². The summed E-state index contributed by atoms with van der Waals surface area (Å²) in [4.78, 5) is 24.5. The summed E-state index contributed by atoms with van der Waals surface area (Å²) in [5.41, 5.74) is -0.920. The van der Waals surface area contributed by atoms with Crippen LogP contribution in [0.25, 0.3) is 0 Å². The van der Waals surface area contributed by atoms with Gasteiger partial charge in [0.25, 0.3) is 0 Å². The minimum absolute atomic E-state index is 0.0452. The second-order valence-corrected chi connectivity index (χ2v) is 5.55. The van der Waals surface area contributed by atoms with E-state index in [0.717, 1.165) is 6.07 Å². The Morgan fingerprint density at radius 2 is 1.91 bits per heavy atom. The molecule has 1 aromatic rings. The number of carboxylic acids is 1. The van der Waals surface area contributed by atoms with Crippen molar-refractivity contribution in [2.45, 2.75) is 19.5 Å². The Morgan fingerprint density at radius 3 is 2.45 bits per heavy atom. The SMILES string of the molecule is C[C@@H]1CN(C(=O)Cc2ccccc2C(F)(F)F)C[C@H]1C(=O)O. The highest BCUT2D eigenvalue weighted by molar-refractivity contribution is 5.81. The number of alkyl halides is 3. The lowest BCUT2D eigenvalue weighted by Gasteiger charge is -2.18. The number of carbonyl (C=O) groups excluding carboxylic acids is 1. The number of likely N-dealkylation sites (tertiary alicyclic amines) is 1. The third-order valence-electron chi connectivity index (χ3n) is 3.95. The van der Waals surface area contributed by atoms with Crippen LogP contribution in [0.4, 0.5) is 13.2 Å². The average Bonchev–Trinajstić information content (AvgIpc) is 2.80. The Bertz CT molecular complexity index is 586. The monoisotopic (exact) mass is 315 g/mol. The molecule has 1 fully saturated rings. The highest BCUT2D eigenvalue weighted by Crippen LogP contribution is 2.32. The molecule has 0 aliphatic carbocycles. The van der Waals surface area contributed by atoms with Crippen molar-refractivity contribution in [3.8, 4) is 0 Å². The molecule has 4 nitrogen and oxygen atoms in total. The van der Waals surface area contributed by atoms with Crippen molar-refractivity contribution < 1.29 is 27.9 Å². The van der Waals surface area contributed by atoms with Gasteiger partial charge in [0, 0.05) is 13.1 Å². The number of carboxylic acid groups (broad SMARTS) is 1. The summed E-state index contributed by atoms with van der Waals surface area (Å²) in [5, 5.41) is 9.04. The molecular weight excluding hydrogens is 299 g/mol. The van der Waals surface area contributed by atoms with E-state index in [1.165, 1.54) is 23.1 Å². The molecule has 2 atom stereocenters. The van der Waals surface area contributed by atoms with Crippen LogP contribution < -0.4 is 0 Å². The van der Waals surface area contributed by atoms with Crippen LogP contribution in [-0.2, 0) is 22.2 Å². The largest absolute Gasteiger partial charge is 0.481 e. The van der Waals surface area contributed by atoms with Gasteiger partial charge in [0.15, 0.2) is 0 Å². The zero-order chi connectivity index (χ0) is 16.5. The molecular formula is C15H16F3NO3. The first kappa shape index (κ1) is 16.3. The van der Waals surface area contributed by atoms with Crippen LogP contribution in [0, 0.1) is 11.8 Å². The van der Waals surface area contributed by atoms with Crippen molar-refractivity contribution in [3.63, 3.8) is 0 Å². The van der Waals surface area contributed by atoms with E-state index in [0.29, 0.717) is 0 Å². The van der Waals surface area contributed by atoms with E-state index in [9.17, 15) is 22.8 Å². The Labute approximate surface area is 125 Å². The number of hydrogen-bond acceptors (Lipinski definition) is 2. The van der Waals surface area contributed by atoms with E-state index < -0.39 is 29.5 Å². The number of carbonyl (C=O) groups is 2. The maximum Gasteiger partial charge on any atom is 0.416 e. The van der Waals surface area contributed by atoms with Gasteiger partial charge in [0.2, 0.25) is 5.91 Å². The van der Waals surface area contributed by atoms with Crippen molar-refractivity contribution >= 4 is 11.9 Å². The van der Waals surface area contributed by atoms with Crippen molar-refractivity contribution in [1.29, 1.82) is 0 Å². The summed E-state index contributed by atoms with van der Waals surface area (Å²) >= 11 is 0. The molecule has 0 saturated carbocycles. The summed E-state index contributed by atoms with van der Waals surface area (Å²) in [6, 6.07) is 4.93. The lowest BCUT2D eigenvalue weighted by atomic mass is 9.99. The van der Waals surface area contributed by atoms with Crippen LogP contribution in [-0.4, -0.2) is 35.0 Å². The fraction of sp³-hybridized carbons (Fsp3) is 0.467. The van der Waals surface area contributed by atoms with Crippen LogP contribution >= 0.6 is 0 Å². The van der Waals surface area contributed by atoms with Crippen LogP contribution in [0.2, 0.25) is 0 Å². The predicted molar refractivity (Wildman–Crippen MR) is 72.0 cm³/mol. The number of benzene rings is 1. The topological polar surface area (TPSA) is 57.6 Å². The molecule has 1 aromatic carbocycles. The third-order valence-corrected chi connectivity index (χ3v) is 3.95. The van der Waals surface area contributed by atoms with Gasteiger partial charge in [-0.3, -0.25) is 9.59 Å².